The van der Waals surface area contributed by atoms with E-state index >= 15 is 0 Å². The molecule has 3 rings (SSSR count). The molecule has 0 radical (unpaired) electrons. The number of nitriles is 1. The maximum atomic E-state index is 11.8. The summed E-state index contributed by atoms with van der Waals surface area (Å²) in [6.07, 6.45) is 2.50. The summed E-state index contributed by atoms with van der Waals surface area (Å²) in [6, 6.07) is 8.21. The maximum Gasteiger partial charge on any atom is 0.349 e. The van der Waals surface area contributed by atoms with Gasteiger partial charge in [-0.05, 0) is 37.5 Å². The monoisotopic (exact) mass is 353 g/mol. The molecule has 3 aromatic rings. The molecule has 2 heterocycles. The van der Waals surface area contributed by atoms with E-state index in [0.29, 0.717) is 23.0 Å². The van der Waals surface area contributed by atoms with Gasteiger partial charge in [0.2, 0.25) is 0 Å². The van der Waals surface area contributed by atoms with Crippen molar-refractivity contribution in [2.75, 3.05) is 6.61 Å². The van der Waals surface area contributed by atoms with E-state index < -0.39 is 0 Å². The highest BCUT2D eigenvalue weighted by molar-refractivity contribution is 7.16. The summed E-state index contributed by atoms with van der Waals surface area (Å²) in [5, 5.41) is 11.2. The van der Waals surface area contributed by atoms with Gasteiger partial charge in [0.25, 0.3) is 0 Å². The molecule has 25 heavy (non-hydrogen) atoms. The summed E-state index contributed by atoms with van der Waals surface area (Å²) in [6.45, 7) is 6.33. The van der Waals surface area contributed by atoms with E-state index in [1.165, 1.54) is 17.5 Å². The highest BCUT2D eigenvalue weighted by Crippen LogP contribution is 2.33. The molecule has 128 valence electrons. The quantitative estimate of drug-likeness (QED) is 0.665. The Morgan fingerprint density at radius 3 is 2.92 bits per heavy atom. The van der Waals surface area contributed by atoms with Crippen LogP contribution in [0.4, 0.5) is 0 Å². The summed E-state index contributed by atoms with van der Waals surface area (Å²) in [4.78, 5) is 20.0. The molecule has 0 aliphatic rings. The molecule has 0 fully saturated rings. The third-order valence-corrected chi connectivity index (χ3v) is 5.30. The molecule has 1 unspecified atom stereocenters. The number of thiazole rings is 1. The van der Waals surface area contributed by atoms with Crippen molar-refractivity contribution >= 4 is 28.2 Å². The molecular formula is C19H19N3O2S. The van der Waals surface area contributed by atoms with Gasteiger partial charge in [-0.2, -0.15) is 5.26 Å². The van der Waals surface area contributed by atoms with Crippen LogP contribution in [-0.4, -0.2) is 22.5 Å². The first kappa shape index (κ1) is 17.2. The Balaban J connectivity index is 2.04. The van der Waals surface area contributed by atoms with Crippen molar-refractivity contribution in [2.24, 2.45) is 0 Å². The van der Waals surface area contributed by atoms with Crippen molar-refractivity contribution in [2.45, 2.75) is 33.1 Å². The van der Waals surface area contributed by atoms with Gasteiger partial charge in [0, 0.05) is 22.2 Å². The van der Waals surface area contributed by atoms with Gasteiger partial charge in [-0.1, -0.05) is 13.8 Å². The molecule has 1 N–H and O–H groups in total. The minimum atomic E-state index is -0.356. The Morgan fingerprint density at radius 1 is 1.44 bits per heavy atom. The van der Waals surface area contributed by atoms with Crippen molar-refractivity contribution < 1.29 is 9.53 Å². The van der Waals surface area contributed by atoms with Crippen LogP contribution in [0.3, 0.4) is 0 Å². The second-order valence-electron chi connectivity index (χ2n) is 5.85. The van der Waals surface area contributed by atoms with Crippen molar-refractivity contribution in [3.63, 3.8) is 0 Å². The molecule has 0 aliphatic carbocycles. The first-order valence-corrected chi connectivity index (χ1v) is 9.09. The molecule has 1 aromatic carbocycles. The summed E-state index contributed by atoms with van der Waals surface area (Å²) < 4.78 is 5.01. The fourth-order valence-corrected chi connectivity index (χ4v) is 3.55. The number of benzene rings is 1. The number of esters is 1. The molecule has 1 atom stereocenters. The van der Waals surface area contributed by atoms with E-state index in [9.17, 15) is 10.1 Å². The Kier molecular flexibility index (Phi) is 4.86. The Labute approximate surface area is 150 Å². The van der Waals surface area contributed by atoms with E-state index in [4.69, 9.17) is 4.74 Å². The van der Waals surface area contributed by atoms with Crippen LogP contribution in [0.5, 0.6) is 0 Å². The maximum absolute atomic E-state index is 11.8. The van der Waals surface area contributed by atoms with Gasteiger partial charge in [0.15, 0.2) is 0 Å². The fraction of sp³-hybridized carbons (Fsp3) is 0.316. The predicted octanol–water partition coefficient (Wildman–Crippen LogP) is 4.85. The smallest absolute Gasteiger partial charge is 0.349 e. The number of aromatic nitrogens is 2. The predicted molar refractivity (Wildman–Crippen MR) is 98.8 cm³/mol. The lowest BCUT2D eigenvalue weighted by Gasteiger charge is -2.05. The molecule has 0 saturated carbocycles. The average Bonchev–Trinajstić information content (AvgIpc) is 3.25. The van der Waals surface area contributed by atoms with Gasteiger partial charge >= 0.3 is 5.97 Å². The van der Waals surface area contributed by atoms with E-state index in [0.717, 1.165) is 33.6 Å². The standard InChI is InChI=1S/C19H19N3O2S/c1-4-11(3)17-14(9-20)13-8-12(6-7-15(13)22-17)18-21-10-16(25-18)19(23)24-5-2/h6-8,10-11,22H,4-5H2,1-3H3. The van der Waals surface area contributed by atoms with Crippen LogP contribution in [0.2, 0.25) is 0 Å². The molecule has 5 nitrogen and oxygen atoms in total. The van der Waals surface area contributed by atoms with Crippen LogP contribution in [-0.2, 0) is 4.74 Å². The number of aromatic amines is 1. The Hall–Kier alpha value is -2.65. The first-order chi connectivity index (χ1) is 12.1. The lowest BCUT2D eigenvalue weighted by Crippen LogP contribution is -2.01. The van der Waals surface area contributed by atoms with Gasteiger partial charge in [0.05, 0.1) is 18.4 Å². The van der Waals surface area contributed by atoms with Crippen LogP contribution >= 0.6 is 11.3 Å². The number of hydrogen-bond donors (Lipinski definition) is 1. The second kappa shape index (κ2) is 7.08. The van der Waals surface area contributed by atoms with E-state index in [-0.39, 0.29) is 5.97 Å². The van der Waals surface area contributed by atoms with Crippen LogP contribution in [0, 0.1) is 11.3 Å². The molecular weight excluding hydrogens is 334 g/mol. The van der Waals surface area contributed by atoms with Gasteiger partial charge in [-0.25, -0.2) is 9.78 Å². The summed E-state index contributed by atoms with van der Waals surface area (Å²) in [5.41, 5.74) is 3.49. The molecule has 0 bridgehead atoms. The number of rotatable bonds is 5. The number of ether oxygens (including phenoxy) is 1. The largest absolute Gasteiger partial charge is 0.462 e. The van der Waals surface area contributed by atoms with Gasteiger partial charge < -0.3 is 9.72 Å². The van der Waals surface area contributed by atoms with E-state index in [2.05, 4.69) is 29.9 Å². The molecule has 0 aliphatic heterocycles. The second-order valence-corrected chi connectivity index (χ2v) is 6.88. The SMILES string of the molecule is CCOC(=O)c1cnc(-c2ccc3[nH]c(C(C)CC)c(C#N)c3c2)s1. The van der Waals surface area contributed by atoms with E-state index in [1.807, 2.05) is 18.2 Å². The van der Waals surface area contributed by atoms with Crippen molar-refractivity contribution in [1.29, 1.82) is 5.26 Å². The number of fused-ring (bicyclic) bond motifs is 1. The van der Waals surface area contributed by atoms with E-state index in [1.54, 1.807) is 6.92 Å². The van der Waals surface area contributed by atoms with Crippen molar-refractivity contribution in [3.8, 4) is 16.6 Å². The molecule has 2 aromatic heterocycles. The summed E-state index contributed by atoms with van der Waals surface area (Å²) in [5.74, 6) is -0.0634. The molecule has 0 spiro atoms. The lowest BCUT2D eigenvalue weighted by molar-refractivity contribution is 0.0532. The zero-order valence-corrected chi connectivity index (χ0v) is 15.2. The number of nitrogens with zero attached hydrogens (tertiary/aromatic N) is 2. The number of carbonyl (C=O) groups excluding carboxylic acids is 1. The minimum absolute atomic E-state index is 0.292. The highest BCUT2D eigenvalue weighted by atomic mass is 32.1. The van der Waals surface area contributed by atoms with Crippen LogP contribution < -0.4 is 0 Å². The number of nitrogens with one attached hydrogen (secondary N) is 1. The average molecular weight is 353 g/mol. The van der Waals surface area contributed by atoms with Crippen LogP contribution in [0.1, 0.15) is 54.0 Å². The van der Waals surface area contributed by atoms with Crippen LogP contribution in [0.25, 0.3) is 21.5 Å². The number of hydrogen-bond acceptors (Lipinski definition) is 5. The topological polar surface area (TPSA) is 78.8 Å². The molecule has 6 heteroatoms. The zero-order chi connectivity index (χ0) is 18.0. The van der Waals surface area contributed by atoms with Crippen LogP contribution in [0.15, 0.2) is 24.4 Å². The third kappa shape index (κ3) is 3.15. The number of H-pyrrole nitrogens is 1. The Bertz CT molecular complexity index is 965. The fourth-order valence-electron chi connectivity index (χ4n) is 2.74. The van der Waals surface area contributed by atoms with Crippen molar-refractivity contribution in [1.82, 2.24) is 9.97 Å². The highest BCUT2D eigenvalue weighted by Gasteiger charge is 2.17. The van der Waals surface area contributed by atoms with Crippen molar-refractivity contribution in [3.05, 3.63) is 40.5 Å². The van der Waals surface area contributed by atoms with Gasteiger partial charge in [0.1, 0.15) is 16.0 Å². The number of carbonyl (C=O) groups is 1. The third-order valence-electron chi connectivity index (χ3n) is 4.27. The lowest BCUT2D eigenvalue weighted by atomic mass is 10.00. The van der Waals surface area contributed by atoms with Gasteiger partial charge in [-0.15, -0.1) is 11.3 Å². The molecule has 0 amide bonds. The summed E-state index contributed by atoms with van der Waals surface area (Å²) >= 11 is 1.29. The summed E-state index contributed by atoms with van der Waals surface area (Å²) in [7, 11) is 0. The normalized spacial score (nSPS) is 12.1. The first-order valence-electron chi connectivity index (χ1n) is 8.28. The zero-order valence-electron chi connectivity index (χ0n) is 14.4. The Morgan fingerprint density at radius 2 is 2.24 bits per heavy atom. The minimum Gasteiger partial charge on any atom is -0.462 e. The molecule has 0 saturated heterocycles. The van der Waals surface area contributed by atoms with Gasteiger partial charge in [-0.3, -0.25) is 0 Å².